The average Bonchev–Trinajstić information content (AvgIpc) is 2.60. The van der Waals surface area contributed by atoms with Crippen LogP contribution in [0.15, 0.2) is 0 Å². The minimum Gasteiger partial charge on any atom is -0.480 e. The van der Waals surface area contributed by atoms with Crippen molar-refractivity contribution < 1.29 is 23.1 Å². The third kappa shape index (κ3) is 1.16. The van der Waals surface area contributed by atoms with Crippen LogP contribution in [0, 0.1) is 5.92 Å². The van der Waals surface area contributed by atoms with E-state index in [2.05, 4.69) is 5.32 Å². The summed E-state index contributed by atoms with van der Waals surface area (Å²) in [6, 6.07) is 0. The van der Waals surface area contributed by atoms with Crippen molar-refractivity contribution in [3.05, 3.63) is 0 Å². The van der Waals surface area contributed by atoms with Crippen LogP contribution in [0.3, 0.4) is 0 Å². The average molecular weight is 183 g/mol. The van der Waals surface area contributed by atoms with Gasteiger partial charge in [0.05, 0.1) is 5.92 Å². The van der Waals surface area contributed by atoms with Gasteiger partial charge in [-0.2, -0.15) is 13.2 Å². The van der Waals surface area contributed by atoms with Crippen molar-refractivity contribution in [3.8, 4) is 0 Å². The van der Waals surface area contributed by atoms with E-state index < -0.39 is 23.6 Å². The Labute approximate surface area is 66.6 Å². The molecule has 3 nitrogen and oxygen atoms in total. The number of aliphatic carboxylic acids is 1. The van der Waals surface area contributed by atoms with Gasteiger partial charge in [-0.05, 0) is 13.5 Å². The molecule has 2 atom stereocenters. The summed E-state index contributed by atoms with van der Waals surface area (Å²) in [6.07, 6.45) is -4.79. The number of alkyl halides is 3. The number of hydrogen-bond donors (Lipinski definition) is 2. The molecule has 0 radical (unpaired) electrons. The number of carboxylic acid groups (broad SMARTS) is 1. The molecule has 0 amide bonds. The largest absolute Gasteiger partial charge is 0.480 e. The Balaban J connectivity index is 2.75. The second-order valence-corrected chi connectivity index (χ2v) is 2.82. The van der Waals surface area contributed by atoms with Gasteiger partial charge in [0.2, 0.25) is 0 Å². The van der Waals surface area contributed by atoms with Crippen molar-refractivity contribution in [1.82, 2.24) is 5.32 Å². The predicted octanol–water partition coefficient (Wildman–Crippen LogP) is 0.611. The number of carbonyl (C=O) groups is 1. The number of rotatable bonds is 2. The lowest BCUT2D eigenvalue weighted by molar-refractivity contribution is -0.163. The number of hydrogen-bond acceptors (Lipinski definition) is 2. The Bertz CT molecular complexity index is 215. The summed E-state index contributed by atoms with van der Waals surface area (Å²) in [4.78, 5) is 10.4. The van der Waals surface area contributed by atoms with Crippen LogP contribution in [0.1, 0.15) is 6.42 Å². The van der Waals surface area contributed by atoms with E-state index in [1.807, 2.05) is 0 Å². The Kier molecular flexibility index (Phi) is 1.82. The second-order valence-electron chi connectivity index (χ2n) is 2.82. The fraction of sp³-hybridized carbons (Fsp3) is 0.833. The van der Waals surface area contributed by atoms with Crippen LogP contribution < -0.4 is 5.32 Å². The third-order valence-electron chi connectivity index (χ3n) is 2.18. The van der Waals surface area contributed by atoms with Gasteiger partial charge in [0, 0.05) is 0 Å². The third-order valence-corrected chi connectivity index (χ3v) is 2.18. The van der Waals surface area contributed by atoms with Gasteiger partial charge in [0.25, 0.3) is 0 Å². The smallest absolute Gasteiger partial charge is 0.394 e. The van der Waals surface area contributed by atoms with E-state index in [9.17, 15) is 18.0 Å². The Morgan fingerprint density at radius 3 is 2.25 bits per heavy atom. The quantitative estimate of drug-likeness (QED) is 0.659. The van der Waals surface area contributed by atoms with Crippen LogP contribution in [0.4, 0.5) is 13.2 Å². The van der Waals surface area contributed by atoms with Gasteiger partial charge in [0.1, 0.15) is 5.54 Å². The van der Waals surface area contributed by atoms with Gasteiger partial charge in [-0.1, -0.05) is 0 Å². The molecule has 1 fully saturated rings. The van der Waals surface area contributed by atoms with Gasteiger partial charge in [0.15, 0.2) is 0 Å². The maximum absolute atomic E-state index is 12.0. The highest BCUT2D eigenvalue weighted by Gasteiger charge is 2.70. The maximum Gasteiger partial charge on any atom is 0.394 e. The standard InChI is InChI=1S/C6H8F3NO2/c1-10-5(4(11)12)2-3(5)6(7,8)9/h3,10H,2H2,1H3,(H,11,12). The number of nitrogens with one attached hydrogen (secondary N) is 1. The SMILES string of the molecule is CNC1(C(=O)O)CC1C(F)(F)F. The molecule has 0 bridgehead atoms. The lowest BCUT2D eigenvalue weighted by Crippen LogP contribution is -2.41. The number of carboxylic acids is 1. The summed E-state index contributed by atoms with van der Waals surface area (Å²) in [5, 5.41) is 10.7. The fourth-order valence-electron chi connectivity index (χ4n) is 1.28. The lowest BCUT2D eigenvalue weighted by atomic mass is 10.2. The van der Waals surface area contributed by atoms with E-state index in [1.165, 1.54) is 7.05 Å². The van der Waals surface area contributed by atoms with Crippen molar-refractivity contribution in [2.24, 2.45) is 5.92 Å². The van der Waals surface area contributed by atoms with Crippen LogP contribution in [0.25, 0.3) is 0 Å². The number of halogens is 3. The van der Waals surface area contributed by atoms with Gasteiger partial charge in [-0.25, -0.2) is 0 Å². The van der Waals surface area contributed by atoms with Gasteiger partial charge < -0.3 is 10.4 Å². The normalized spacial score (nSPS) is 34.8. The molecule has 0 heterocycles. The molecule has 0 aromatic heterocycles. The number of likely N-dealkylation sites (N-methyl/N-ethyl adjacent to an activating group) is 1. The Hall–Kier alpha value is -0.780. The van der Waals surface area contributed by atoms with Crippen molar-refractivity contribution in [2.75, 3.05) is 7.05 Å². The van der Waals surface area contributed by atoms with E-state index in [4.69, 9.17) is 5.11 Å². The monoisotopic (exact) mass is 183 g/mol. The van der Waals surface area contributed by atoms with E-state index in [0.717, 1.165) is 0 Å². The van der Waals surface area contributed by atoms with Crippen molar-refractivity contribution in [2.45, 2.75) is 18.1 Å². The van der Waals surface area contributed by atoms with Gasteiger partial charge in [-0.3, -0.25) is 4.79 Å². The highest BCUT2D eigenvalue weighted by molar-refractivity contribution is 5.83. The highest BCUT2D eigenvalue weighted by Crippen LogP contribution is 2.53. The fourth-order valence-corrected chi connectivity index (χ4v) is 1.28. The van der Waals surface area contributed by atoms with Gasteiger partial charge >= 0.3 is 12.1 Å². The zero-order chi connectivity index (χ0) is 9.57. The zero-order valence-electron chi connectivity index (χ0n) is 6.27. The summed E-state index contributed by atoms with van der Waals surface area (Å²) < 4.78 is 35.9. The molecule has 0 saturated heterocycles. The molecule has 0 aliphatic heterocycles. The molecular weight excluding hydrogens is 175 g/mol. The molecule has 1 aliphatic rings. The molecule has 0 aromatic rings. The van der Waals surface area contributed by atoms with Crippen LogP contribution in [0.2, 0.25) is 0 Å². The first kappa shape index (κ1) is 9.31. The minimum absolute atomic E-state index is 0.373. The van der Waals surface area contributed by atoms with E-state index in [1.54, 1.807) is 0 Å². The summed E-state index contributed by atoms with van der Waals surface area (Å²) in [5.41, 5.74) is -1.77. The van der Waals surface area contributed by atoms with E-state index >= 15 is 0 Å². The van der Waals surface area contributed by atoms with Crippen LogP contribution in [-0.4, -0.2) is 29.8 Å². The van der Waals surface area contributed by atoms with E-state index in [-0.39, 0.29) is 6.42 Å². The second kappa shape index (κ2) is 2.35. The molecule has 1 saturated carbocycles. The summed E-state index contributed by atoms with van der Waals surface area (Å²) in [5.74, 6) is -3.18. The first-order valence-corrected chi connectivity index (χ1v) is 3.33. The van der Waals surface area contributed by atoms with Crippen LogP contribution in [-0.2, 0) is 4.79 Å². The van der Waals surface area contributed by atoms with Crippen LogP contribution >= 0.6 is 0 Å². The van der Waals surface area contributed by atoms with E-state index in [0.29, 0.717) is 0 Å². The molecule has 12 heavy (non-hydrogen) atoms. The summed E-state index contributed by atoms with van der Waals surface area (Å²) >= 11 is 0. The molecule has 2 unspecified atom stereocenters. The lowest BCUT2D eigenvalue weighted by Gasteiger charge is -2.12. The van der Waals surface area contributed by atoms with Crippen molar-refractivity contribution in [3.63, 3.8) is 0 Å². The Morgan fingerprint density at radius 2 is 2.17 bits per heavy atom. The Morgan fingerprint density at radius 1 is 1.67 bits per heavy atom. The first-order chi connectivity index (χ1) is 5.34. The molecule has 2 N–H and O–H groups in total. The molecule has 0 spiro atoms. The molecule has 70 valence electrons. The van der Waals surface area contributed by atoms with Crippen molar-refractivity contribution >= 4 is 5.97 Å². The van der Waals surface area contributed by atoms with Gasteiger partial charge in [-0.15, -0.1) is 0 Å². The minimum atomic E-state index is -4.42. The summed E-state index contributed by atoms with van der Waals surface area (Å²) in [7, 11) is 1.22. The predicted molar refractivity (Wildman–Crippen MR) is 33.6 cm³/mol. The summed E-state index contributed by atoms with van der Waals surface area (Å²) in [6.45, 7) is 0. The zero-order valence-corrected chi connectivity index (χ0v) is 6.27. The molecular formula is C6H8F3NO2. The maximum atomic E-state index is 12.0. The van der Waals surface area contributed by atoms with Crippen molar-refractivity contribution in [1.29, 1.82) is 0 Å². The van der Waals surface area contributed by atoms with Crippen LogP contribution in [0.5, 0.6) is 0 Å². The molecule has 6 heteroatoms. The first-order valence-electron chi connectivity index (χ1n) is 3.33. The molecule has 0 aromatic carbocycles. The highest BCUT2D eigenvalue weighted by atomic mass is 19.4. The topological polar surface area (TPSA) is 49.3 Å². The molecule has 1 rings (SSSR count). The molecule has 1 aliphatic carbocycles.